The van der Waals surface area contributed by atoms with E-state index in [0.29, 0.717) is 25.9 Å². The normalized spacial score (nSPS) is 23.3. The Morgan fingerprint density at radius 1 is 1.83 bits per heavy atom. The van der Waals surface area contributed by atoms with Crippen molar-refractivity contribution in [1.29, 1.82) is 0 Å². The largest absolute Gasteiger partial charge is 0.469 e. The number of hydrogen-bond donors (Lipinski definition) is 1. The Morgan fingerprint density at radius 3 is 3.00 bits per heavy atom. The highest BCUT2D eigenvalue weighted by molar-refractivity contribution is 5.68. The molecule has 0 amide bonds. The van der Waals surface area contributed by atoms with Gasteiger partial charge in [-0.05, 0) is 12.8 Å². The van der Waals surface area contributed by atoms with Gasteiger partial charge in [0.15, 0.2) is 0 Å². The van der Waals surface area contributed by atoms with Gasteiger partial charge in [0.25, 0.3) is 0 Å². The molecule has 4 nitrogen and oxygen atoms in total. The molecule has 0 radical (unpaired) electrons. The van der Waals surface area contributed by atoms with Crippen molar-refractivity contribution < 1.29 is 19.4 Å². The maximum atomic E-state index is 10.6. The summed E-state index contributed by atoms with van der Waals surface area (Å²) in [5.41, 5.74) is 0. The van der Waals surface area contributed by atoms with Gasteiger partial charge in [0.2, 0.25) is 0 Å². The Labute approximate surface area is 71.5 Å². The summed E-state index contributed by atoms with van der Waals surface area (Å²) in [6, 6.07) is 0. The van der Waals surface area contributed by atoms with E-state index in [1.807, 2.05) is 0 Å². The SMILES string of the molecule is COC(=O)CCC[C@H](O)[C@H]1CO1. The second-order valence-electron chi connectivity index (χ2n) is 2.91. The predicted octanol–water partition coefficient (Wildman–Crippen LogP) is 0.0894. The minimum absolute atomic E-state index is 0.0163. The summed E-state index contributed by atoms with van der Waals surface area (Å²) in [5.74, 6) is -0.223. The van der Waals surface area contributed by atoms with Gasteiger partial charge in [-0.2, -0.15) is 0 Å². The lowest BCUT2D eigenvalue weighted by atomic mass is 10.1. The van der Waals surface area contributed by atoms with Gasteiger partial charge in [-0.25, -0.2) is 0 Å². The monoisotopic (exact) mass is 174 g/mol. The van der Waals surface area contributed by atoms with Crippen LogP contribution in [0.4, 0.5) is 0 Å². The molecule has 1 N–H and O–H groups in total. The number of hydrogen-bond acceptors (Lipinski definition) is 4. The first-order valence-corrected chi connectivity index (χ1v) is 4.10. The van der Waals surface area contributed by atoms with E-state index in [1.54, 1.807) is 0 Å². The van der Waals surface area contributed by atoms with E-state index in [0.717, 1.165) is 0 Å². The van der Waals surface area contributed by atoms with E-state index in [9.17, 15) is 9.90 Å². The zero-order valence-corrected chi connectivity index (χ0v) is 7.16. The minimum atomic E-state index is -0.408. The predicted molar refractivity (Wildman–Crippen MR) is 41.6 cm³/mol. The first-order chi connectivity index (χ1) is 5.74. The Kier molecular flexibility index (Phi) is 3.49. The first kappa shape index (κ1) is 9.48. The van der Waals surface area contributed by atoms with Crippen LogP contribution in [-0.2, 0) is 14.3 Å². The summed E-state index contributed by atoms with van der Waals surface area (Å²) in [5, 5.41) is 9.30. The zero-order valence-electron chi connectivity index (χ0n) is 7.16. The number of carbonyl (C=O) groups is 1. The molecule has 1 aliphatic heterocycles. The molecule has 0 aromatic carbocycles. The van der Waals surface area contributed by atoms with Crippen LogP contribution in [0.15, 0.2) is 0 Å². The highest BCUT2D eigenvalue weighted by Crippen LogP contribution is 2.18. The number of rotatable bonds is 5. The van der Waals surface area contributed by atoms with Gasteiger partial charge < -0.3 is 14.6 Å². The molecule has 1 aliphatic rings. The lowest BCUT2D eigenvalue weighted by molar-refractivity contribution is -0.140. The quantitative estimate of drug-likeness (QED) is 0.474. The summed E-state index contributed by atoms with van der Waals surface area (Å²) in [4.78, 5) is 10.6. The van der Waals surface area contributed by atoms with E-state index >= 15 is 0 Å². The highest BCUT2D eigenvalue weighted by Gasteiger charge is 2.30. The molecule has 0 spiro atoms. The molecule has 1 heterocycles. The second-order valence-corrected chi connectivity index (χ2v) is 2.91. The molecule has 0 aliphatic carbocycles. The number of ether oxygens (including phenoxy) is 2. The molecule has 12 heavy (non-hydrogen) atoms. The number of esters is 1. The van der Waals surface area contributed by atoms with Gasteiger partial charge in [-0.15, -0.1) is 0 Å². The third kappa shape index (κ3) is 3.19. The summed E-state index contributed by atoms with van der Waals surface area (Å²) in [6.07, 6.45) is 1.26. The number of carbonyl (C=O) groups excluding carboxylic acids is 1. The molecular weight excluding hydrogens is 160 g/mol. The molecule has 1 fully saturated rings. The minimum Gasteiger partial charge on any atom is -0.469 e. The topological polar surface area (TPSA) is 59.1 Å². The number of aliphatic hydroxyl groups excluding tert-OH is 1. The van der Waals surface area contributed by atoms with Gasteiger partial charge in [0.1, 0.15) is 6.10 Å². The van der Waals surface area contributed by atoms with Crippen LogP contribution >= 0.6 is 0 Å². The van der Waals surface area contributed by atoms with Crippen LogP contribution in [0, 0.1) is 0 Å². The molecule has 0 unspecified atom stereocenters. The van der Waals surface area contributed by atoms with Crippen LogP contribution < -0.4 is 0 Å². The van der Waals surface area contributed by atoms with Gasteiger partial charge in [-0.1, -0.05) is 0 Å². The molecule has 1 rings (SSSR count). The van der Waals surface area contributed by atoms with Crippen molar-refractivity contribution in [1.82, 2.24) is 0 Å². The van der Waals surface area contributed by atoms with Crippen LogP contribution in [-0.4, -0.2) is 37.0 Å². The Hall–Kier alpha value is -0.610. The van der Waals surface area contributed by atoms with E-state index in [4.69, 9.17) is 4.74 Å². The van der Waals surface area contributed by atoms with E-state index < -0.39 is 6.10 Å². The average Bonchev–Trinajstić information content (AvgIpc) is 2.86. The van der Waals surface area contributed by atoms with Crippen LogP contribution in [0.5, 0.6) is 0 Å². The Bertz CT molecular complexity index is 153. The molecule has 1 saturated heterocycles. The van der Waals surface area contributed by atoms with Crippen molar-refractivity contribution in [2.24, 2.45) is 0 Å². The van der Waals surface area contributed by atoms with Crippen LogP contribution in [0.2, 0.25) is 0 Å². The number of methoxy groups -OCH3 is 1. The molecular formula is C8H14O4. The van der Waals surface area contributed by atoms with Gasteiger partial charge >= 0.3 is 5.97 Å². The van der Waals surface area contributed by atoms with Crippen molar-refractivity contribution in [3.05, 3.63) is 0 Å². The lowest BCUT2D eigenvalue weighted by Gasteiger charge is -2.05. The Balaban J connectivity index is 1.97. The fourth-order valence-corrected chi connectivity index (χ4v) is 1.02. The van der Waals surface area contributed by atoms with Crippen molar-refractivity contribution in [3.63, 3.8) is 0 Å². The molecule has 0 aromatic heterocycles. The lowest BCUT2D eigenvalue weighted by Crippen LogP contribution is -2.14. The number of epoxide rings is 1. The van der Waals surface area contributed by atoms with Crippen LogP contribution in [0.3, 0.4) is 0 Å². The van der Waals surface area contributed by atoms with Crippen LogP contribution in [0.25, 0.3) is 0 Å². The van der Waals surface area contributed by atoms with Crippen molar-refractivity contribution >= 4 is 5.97 Å². The second kappa shape index (κ2) is 4.42. The molecule has 0 bridgehead atoms. The van der Waals surface area contributed by atoms with Crippen molar-refractivity contribution in [3.8, 4) is 0 Å². The molecule has 0 aromatic rings. The number of aliphatic hydroxyl groups is 1. The van der Waals surface area contributed by atoms with Gasteiger partial charge in [-0.3, -0.25) is 4.79 Å². The van der Waals surface area contributed by atoms with Crippen LogP contribution in [0.1, 0.15) is 19.3 Å². The summed E-state index contributed by atoms with van der Waals surface area (Å²) < 4.78 is 9.34. The maximum Gasteiger partial charge on any atom is 0.305 e. The Morgan fingerprint density at radius 2 is 2.50 bits per heavy atom. The molecule has 0 saturated carbocycles. The highest BCUT2D eigenvalue weighted by atomic mass is 16.6. The summed E-state index contributed by atoms with van der Waals surface area (Å²) >= 11 is 0. The fourth-order valence-electron chi connectivity index (χ4n) is 1.02. The van der Waals surface area contributed by atoms with E-state index in [1.165, 1.54) is 7.11 Å². The molecule has 4 heteroatoms. The zero-order chi connectivity index (χ0) is 8.97. The van der Waals surface area contributed by atoms with Gasteiger partial charge in [0, 0.05) is 6.42 Å². The van der Waals surface area contributed by atoms with Gasteiger partial charge in [0.05, 0.1) is 19.8 Å². The van der Waals surface area contributed by atoms with Crippen molar-refractivity contribution in [2.45, 2.75) is 31.5 Å². The fraction of sp³-hybridized carbons (Fsp3) is 0.875. The van der Waals surface area contributed by atoms with E-state index in [-0.39, 0.29) is 12.1 Å². The standard InChI is InChI=1S/C8H14O4/c1-11-8(10)4-2-3-6(9)7-5-12-7/h6-7,9H,2-5H2,1H3/t6-,7+/m0/s1. The average molecular weight is 174 g/mol. The summed E-state index contributed by atoms with van der Waals surface area (Å²) in [7, 11) is 1.36. The molecule has 2 atom stereocenters. The smallest absolute Gasteiger partial charge is 0.305 e. The first-order valence-electron chi connectivity index (χ1n) is 4.10. The van der Waals surface area contributed by atoms with E-state index in [2.05, 4.69) is 4.74 Å². The third-order valence-electron chi connectivity index (χ3n) is 1.90. The third-order valence-corrected chi connectivity index (χ3v) is 1.90. The summed E-state index contributed by atoms with van der Waals surface area (Å²) in [6.45, 7) is 0.652. The maximum absolute atomic E-state index is 10.6. The van der Waals surface area contributed by atoms with Crippen molar-refractivity contribution in [2.75, 3.05) is 13.7 Å². The molecule has 70 valence electrons.